The van der Waals surface area contributed by atoms with Gasteiger partial charge in [-0.05, 0) is 33.1 Å². The number of aliphatic imine (C=N–C) groups is 1. The molecule has 0 aliphatic carbocycles. The molecule has 0 bridgehead atoms. The van der Waals surface area contributed by atoms with Gasteiger partial charge in [-0.25, -0.2) is 0 Å². The minimum atomic E-state index is -0.453. The summed E-state index contributed by atoms with van der Waals surface area (Å²) in [4.78, 5) is 26.9. The lowest BCUT2D eigenvalue weighted by Crippen LogP contribution is -2.31. The maximum atomic E-state index is 11.6. The average molecular weight is 238 g/mol. The predicted octanol–water partition coefficient (Wildman–Crippen LogP) is 1.15. The number of Topliss-reactive ketones (excluding diaryl/α,β-unsaturated/α-hetero) is 1. The van der Waals surface area contributed by atoms with E-state index in [4.69, 9.17) is 0 Å². The minimum Gasteiger partial charge on any atom is -0.512 e. The number of hydrogen-bond donors (Lipinski definition) is 2. The first kappa shape index (κ1) is 13.4. The molecule has 0 aromatic carbocycles. The van der Waals surface area contributed by atoms with Crippen LogP contribution in [0.1, 0.15) is 33.1 Å². The third kappa shape index (κ3) is 4.01. The van der Waals surface area contributed by atoms with E-state index >= 15 is 0 Å². The van der Waals surface area contributed by atoms with Gasteiger partial charge in [0.05, 0.1) is 5.57 Å². The molecular weight excluding hydrogens is 220 g/mol. The molecule has 1 amide bonds. The zero-order valence-corrected chi connectivity index (χ0v) is 10.2. The van der Waals surface area contributed by atoms with E-state index in [1.54, 1.807) is 0 Å². The smallest absolute Gasteiger partial charge is 0.244 e. The van der Waals surface area contributed by atoms with Crippen LogP contribution in [0.2, 0.25) is 0 Å². The van der Waals surface area contributed by atoms with E-state index in [1.165, 1.54) is 20.1 Å². The van der Waals surface area contributed by atoms with Crippen molar-refractivity contribution in [1.29, 1.82) is 0 Å². The molecule has 5 heteroatoms. The Kier molecular flexibility index (Phi) is 4.87. The van der Waals surface area contributed by atoms with Crippen molar-refractivity contribution in [3.63, 3.8) is 0 Å². The molecule has 1 aliphatic heterocycles. The SMILES string of the molecule is CC(=O)C(C=N[C@H]1CCCCNC1=O)=C(C)O. The summed E-state index contributed by atoms with van der Waals surface area (Å²) in [5.74, 6) is -0.449. The molecule has 0 saturated carbocycles. The lowest BCUT2D eigenvalue weighted by Gasteiger charge is -2.07. The molecule has 1 rings (SSSR count). The van der Waals surface area contributed by atoms with Gasteiger partial charge in [0, 0.05) is 12.8 Å². The van der Waals surface area contributed by atoms with Crippen LogP contribution in [0.25, 0.3) is 0 Å². The highest BCUT2D eigenvalue weighted by atomic mass is 16.3. The van der Waals surface area contributed by atoms with Crippen molar-refractivity contribution in [2.75, 3.05) is 6.54 Å². The summed E-state index contributed by atoms with van der Waals surface area (Å²) >= 11 is 0. The number of nitrogens with one attached hydrogen (secondary N) is 1. The number of nitrogens with zero attached hydrogens (tertiary/aromatic N) is 1. The highest BCUT2D eigenvalue weighted by Gasteiger charge is 2.19. The number of carbonyl (C=O) groups excluding carboxylic acids is 2. The van der Waals surface area contributed by atoms with Gasteiger partial charge in [-0.1, -0.05) is 0 Å². The summed E-state index contributed by atoms with van der Waals surface area (Å²) in [5, 5.41) is 12.1. The van der Waals surface area contributed by atoms with Crippen LogP contribution >= 0.6 is 0 Å². The summed E-state index contributed by atoms with van der Waals surface area (Å²) in [5.41, 5.74) is 0.155. The first-order valence-corrected chi connectivity index (χ1v) is 5.74. The number of rotatable bonds is 3. The molecule has 1 saturated heterocycles. The van der Waals surface area contributed by atoms with Crippen LogP contribution in [0.15, 0.2) is 16.3 Å². The Morgan fingerprint density at radius 1 is 1.47 bits per heavy atom. The fourth-order valence-corrected chi connectivity index (χ4v) is 1.67. The number of carbonyl (C=O) groups is 2. The van der Waals surface area contributed by atoms with Crippen molar-refractivity contribution < 1.29 is 14.7 Å². The van der Waals surface area contributed by atoms with Gasteiger partial charge in [0.25, 0.3) is 0 Å². The topological polar surface area (TPSA) is 78.8 Å². The Morgan fingerprint density at radius 2 is 2.18 bits per heavy atom. The maximum Gasteiger partial charge on any atom is 0.244 e. The highest BCUT2D eigenvalue weighted by Crippen LogP contribution is 2.09. The second-order valence-electron chi connectivity index (χ2n) is 4.14. The summed E-state index contributed by atoms with van der Waals surface area (Å²) in [6.45, 7) is 3.46. The number of allylic oxidation sites excluding steroid dienone is 2. The van der Waals surface area contributed by atoms with E-state index in [0.717, 1.165) is 12.8 Å². The molecule has 2 N–H and O–H groups in total. The molecule has 1 aliphatic rings. The molecule has 94 valence electrons. The van der Waals surface area contributed by atoms with Gasteiger partial charge in [0.15, 0.2) is 5.78 Å². The van der Waals surface area contributed by atoms with Gasteiger partial charge >= 0.3 is 0 Å². The standard InChI is InChI=1S/C12H18N2O3/c1-8(15)10(9(2)16)7-14-11-5-3-4-6-13-12(11)17/h7,11,15H,3-6H2,1-2H3,(H,13,17)/t11-/m0/s1. The summed E-state index contributed by atoms with van der Waals surface area (Å²) in [7, 11) is 0. The van der Waals surface area contributed by atoms with Crippen molar-refractivity contribution >= 4 is 17.9 Å². The lowest BCUT2D eigenvalue weighted by molar-refractivity contribution is -0.122. The molecule has 5 nitrogen and oxygen atoms in total. The van der Waals surface area contributed by atoms with E-state index < -0.39 is 6.04 Å². The molecular formula is C12H18N2O3. The van der Waals surface area contributed by atoms with Crippen LogP contribution in [0, 0.1) is 0 Å². The molecule has 1 atom stereocenters. The van der Waals surface area contributed by atoms with Crippen LogP contribution in [0.3, 0.4) is 0 Å². The first-order valence-electron chi connectivity index (χ1n) is 5.74. The zero-order chi connectivity index (χ0) is 12.8. The summed E-state index contributed by atoms with van der Waals surface area (Å²) in [6, 6.07) is -0.453. The van der Waals surface area contributed by atoms with E-state index in [0.29, 0.717) is 13.0 Å². The summed E-state index contributed by atoms with van der Waals surface area (Å²) in [6.07, 6.45) is 3.86. The fraction of sp³-hybridized carbons (Fsp3) is 0.583. The number of aliphatic hydroxyl groups excluding tert-OH is 1. The Morgan fingerprint density at radius 3 is 2.76 bits per heavy atom. The van der Waals surface area contributed by atoms with Gasteiger partial charge in [-0.3, -0.25) is 14.6 Å². The molecule has 0 unspecified atom stereocenters. The fourth-order valence-electron chi connectivity index (χ4n) is 1.67. The van der Waals surface area contributed by atoms with Crippen LogP contribution in [0.5, 0.6) is 0 Å². The zero-order valence-electron chi connectivity index (χ0n) is 10.2. The third-order valence-electron chi connectivity index (χ3n) is 2.66. The molecule has 0 aromatic heterocycles. The van der Waals surface area contributed by atoms with Crippen molar-refractivity contribution in [2.24, 2.45) is 4.99 Å². The maximum absolute atomic E-state index is 11.6. The van der Waals surface area contributed by atoms with Crippen LogP contribution in [0.4, 0.5) is 0 Å². The first-order chi connectivity index (χ1) is 8.02. The van der Waals surface area contributed by atoms with E-state index in [9.17, 15) is 14.7 Å². The second kappa shape index (κ2) is 6.18. The summed E-state index contributed by atoms with van der Waals surface area (Å²) < 4.78 is 0. The van der Waals surface area contributed by atoms with Crippen LogP contribution in [-0.4, -0.2) is 35.6 Å². The Hall–Kier alpha value is -1.65. The molecule has 0 spiro atoms. The van der Waals surface area contributed by atoms with Gasteiger partial charge < -0.3 is 10.4 Å². The molecule has 0 aromatic rings. The van der Waals surface area contributed by atoms with Crippen molar-refractivity contribution in [2.45, 2.75) is 39.2 Å². The van der Waals surface area contributed by atoms with E-state index in [2.05, 4.69) is 10.3 Å². The minimum absolute atomic E-state index is 0.0738. The Balaban J connectivity index is 2.78. The molecule has 1 fully saturated rings. The largest absolute Gasteiger partial charge is 0.512 e. The Bertz CT molecular complexity index is 368. The average Bonchev–Trinajstić information content (AvgIpc) is 2.43. The predicted molar refractivity (Wildman–Crippen MR) is 65.2 cm³/mol. The van der Waals surface area contributed by atoms with Crippen molar-refractivity contribution in [3.05, 3.63) is 11.3 Å². The van der Waals surface area contributed by atoms with Crippen molar-refractivity contribution in [3.8, 4) is 0 Å². The molecule has 0 radical (unpaired) electrons. The lowest BCUT2D eigenvalue weighted by atomic mass is 10.1. The number of hydrogen-bond acceptors (Lipinski definition) is 4. The van der Waals surface area contributed by atoms with Gasteiger partial charge in [-0.15, -0.1) is 0 Å². The van der Waals surface area contributed by atoms with Crippen molar-refractivity contribution in [1.82, 2.24) is 5.32 Å². The van der Waals surface area contributed by atoms with Crippen LogP contribution in [-0.2, 0) is 9.59 Å². The second-order valence-corrected chi connectivity index (χ2v) is 4.14. The normalized spacial score (nSPS) is 22.9. The molecule has 1 heterocycles. The van der Waals surface area contributed by atoms with E-state index in [1.807, 2.05) is 0 Å². The third-order valence-corrected chi connectivity index (χ3v) is 2.66. The van der Waals surface area contributed by atoms with Gasteiger partial charge in [0.1, 0.15) is 11.8 Å². The van der Waals surface area contributed by atoms with Crippen LogP contribution < -0.4 is 5.32 Å². The quantitative estimate of drug-likeness (QED) is 0.440. The molecule has 17 heavy (non-hydrogen) atoms. The van der Waals surface area contributed by atoms with Gasteiger partial charge in [0.2, 0.25) is 5.91 Å². The van der Waals surface area contributed by atoms with E-state index in [-0.39, 0.29) is 23.0 Å². The highest BCUT2D eigenvalue weighted by molar-refractivity contribution is 6.12. The Labute approximate surface area is 101 Å². The monoisotopic (exact) mass is 238 g/mol. The number of amides is 1. The number of aliphatic hydroxyl groups is 1. The van der Waals surface area contributed by atoms with Gasteiger partial charge in [-0.2, -0.15) is 0 Å². The number of ketones is 1.